The Labute approximate surface area is 169 Å². The molecule has 2 aromatic rings. The Kier molecular flexibility index (Phi) is 8.82. The Morgan fingerprint density at radius 2 is 1.67 bits per heavy atom. The molecule has 1 N–H and O–H groups in total. The Bertz CT molecular complexity index is 728. The number of aliphatic hydroxyl groups is 1. The first kappa shape index (κ1) is 21.5. The van der Waals surface area contributed by atoms with E-state index in [4.69, 9.17) is 14.6 Å². The van der Waals surface area contributed by atoms with Crippen molar-refractivity contribution in [1.82, 2.24) is 0 Å². The van der Waals surface area contributed by atoms with Gasteiger partial charge in [-0.2, -0.15) is 0 Å². The molecule has 0 heterocycles. The maximum atomic E-state index is 11.7. The molecule has 0 bridgehead atoms. The van der Waals surface area contributed by atoms with Crippen LogP contribution in [-0.4, -0.2) is 31.9 Å². The minimum atomic E-state index is -0.325. The molecule has 1 unspecified atom stereocenters. The number of aliphatic hydroxyl groups excluding tert-OH is 1. The molecule has 0 saturated carbocycles. The molecule has 27 heavy (non-hydrogen) atoms. The first-order valence-electron chi connectivity index (χ1n) is 9.23. The van der Waals surface area contributed by atoms with Gasteiger partial charge in [0.25, 0.3) is 0 Å². The molecule has 146 valence electrons. The van der Waals surface area contributed by atoms with Crippen molar-refractivity contribution in [2.75, 3.05) is 20.8 Å². The average Bonchev–Trinajstić information content (AvgIpc) is 2.70. The molecule has 1 atom stereocenters. The van der Waals surface area contributed by atoms with Gasteiger partial charge in [-0.3, -0.25) is 0 Å². The van der Waals surface area contributed by atoms with Crippen LogP contribution in [0.4, 0.5) is 0 Å². The molecule has 0 aliphatic carbocycles. The van der Waals surface area contributed by atoms with Crippen molar-refractivity contribution in [1.29, 1.82) is 0 Å². The molecule has 0 fully saturated rings. The number of hydrogen-bond donors (Lipinski definition) is 1. The number of hydrogen-bond acceptors (Lipinski definition) is 4. The largest absolute Gasteiger partial charge is 0.496 e. The number of rotatable bonds is 10. The van der Waals surface area contributed by atoms with Gasteiger partial charge in [0.2, 0.25) is 0 Å². The lowest BCUT2D eigenvalue weighted by molar-refractivity contribution is 0.0600. The molecule has 0 radical (unpaired) electrons. The van der Waals surface area contributed by atoms with E-state index in [0.717, 1.165) is 42.3 Å². The summed E-state index contributed by atoms with van der Waals surface area (Å²) in [5, 5.41) is 8.95. The van der Waals surface area contributed by atoms with Gasteiger partial charge < -0.3 is 14.6 Å². The van der Waals surface area contributed by atoms with Crippen molar-refractivity contribution < 1.29 is 19.4 Å². The van der Waals surface area contributed by atoms with Gasteiger partial charge in [-0.15, -0.1) is 0 Å². The molecule has 0 aliphatic heterocycles. The molecule has 0 amide bonds. The first-order valence-corrected chi connectivity index (χ1v) is 10.0. The number of carbonyl (C=O) groups is 1. The van der Waals surface area contributed by atoms with E-state index in [9.17, 15) is 4.79 Å². The lowest BCUT2D eigenvalue weighted by Gasteiger charge is -2.19. The number of ether oxygens (including phenoxy) is 2. The van der Waals surface area contributed by atoms with Crippen LogP contribution in [0.25, 0.3) is 0 Å². The smallest absolute Gasteiger partial charge is 0.337 e. The van der Waals surface area contributed by atoms with Gasteiger partial charge in [0.1, 0.15) is 5.75 Å². The maximum Gasteiger partial charge on any atom is 0.337 e. The van der Waals surface area contributed by atoms with Crippen molar-refractivity contribution in [2.45, 2.75) is 38.0 Å². The fourth-order valence-electron chi connectivity index (χ4n) is 3.21. The van der Waals surface area contributed by atoms with Crippen LogP contribution in [-0.2, 0) is 4.74 Å². The molecule has 4 nitrogen and oxygen atoms in total. The number of methoxy groups -OCH3 is 2. The van der Waals surface area contributed by atoms with E-state index in [-0.39, 0.29) is 18.5 Å². The van der Waals surface area contributed by atoms with E-state index in [0.29, 0.717) is 5.56 Å². The molecule has 0 aliphatic rings. The number of carbonyl (C=O) groups excluding carboxylic acids is 1. The number of unbranched alkanes of at least 4 members (excludes halogenated alkanes) is 3. The quantitative estimate of drug-likeness (QED) is 0.406. The number of benzene rings is 2. The van der Waals surface area contributed by atoms with Gasteiger partial charge in [-0.05, 0) is 64.2 Å². The molecule has 0 spiro atoms. The van der Waals surface area contributed by atoms with E-state index in [2.05, 4.69) is 28.1 Å². The second-order valence-corrected chi connectivity index (χ2v) is 7.34. The monoisotopic (exact) mass is 434 g/mol. The Morgan fingerprint density at radius 1 is 1.00 bits per heavy atom. The van der Waals surface area contributed by atoms with E-state index < -0.39 is 0 Å². The summed E-state index contributed by atoms with van der Waals surface area (Å²) in [4.78, 5) is 11.7. The molecule has 2 aromatic carbocycles. The summed E-state index contributed by atoms with van der Waals surface area (Å²) >= 11 is 3.58. The summed E-state index contributed by atoms with van der Waals surface area (Å²) in [6, 6.07) is 13.8. The summed E-state index contributed by atoms with van der Waals surface area (Å²) in [6.07, 6.45) is 5.06. The first-order chi connectivity index (χ1) is 13.1. The highest BCUT2D eigenvalue weighted by Gasteiger charge is 2.16. The third-order valence-corrected chi connectivity index (χ3v) is 5.33. The normalized spacial score (nSPS) is 11.9. The fourth-order valence-corrected chi connectivity index (χ4v) is 3.77. The lowest BCUT2D eigenvalue weighted by atomic mass is 9.86. The highest BCUT2D eigenvalue weighted by Crippen LogP contribution is 2.35. The van der Waals surface area contributed by atoms with Crippen LogP contribution in [0, 0.1) is 0 Å². The minimum absolute atomic E-state index is 0.230. The SMILES string of the molecule is COC(=O)c1ccc(C(CCCCCCO)c2ccc(OC)c(Br)c2)cc1. The topological polar surface area (TPSA) is 55.8 Å². The zero-order chi connectivity index (χ0) is 19.6. The third-order valence-electron chi connectivity index (χ3n) is 4.71. The van der Waals surface area contributed by atoms with Crippen molar-refractivity contribution >= 4 is 21.9 Å². The van der Waals surface area contributed by atoms with Crippen LogP contribution in [0.2, 0.25) is 0 Å². The van der Waals surface area contributed by atoms with Gasteiger partial charge in [0.05, 0.1) is 24.3 Å². The van der Waals surface area contributed by atoms with Crippen molar-refractivity contribution in [3.63, 3.8) is 0 Å². The molecule has 2 rings (SSSR count). The van der Waals surface area contributed by atoms with Gasteiger partial charge in [-0.1, -0.05) is 37.5 Å². The second kappa shape index (κ2) is 11.1. The highest BCUT2D eigenvalue weighted by atomic mass is 79.9. The van der Waals surface area contributed by atoms with E-state index >= 15 is 0 Å². The Balaban J connectivity index is 2.23. The minimum Gasteiger partial charge on any atom is -0.496 e. The fraction of sp³-hybridized carbons (Fsp3) is 0.409. The Hall–Kier alpha value is -1.85. The van der Waals surface area contributed by atoms with Crippen LogP contribution < -0.4 is 4.74 Å². The van der Waals surface area contributed by atoms with E-state index in [1.807, 2.05) is 30.3 Å². The predicted molar refractivity (Wildman–Crippen MR) is 110 cm³/mol. The standard InChI is InChI=1S/C22H27BrO4/c1-26-21-13-12-18(15-20(21)23)19(7-5-3-4-6-14-24)16-8-10-17(11-9-16)22(25)27-2/h8-13,15,19,24H,3-7,14H2,1-2H3. The number of halogens is 1. The zero-order valence-corrected chi connectivity index (χ0v) is 17.5. The van der Waals surface area contributed by atoms with Gasteiger partial charge in [0.15, 0.2) is 0 Å². The Morgan fingerprint density at radius 3 is 2.26 bits per heavy atom. The molecule has 0 saturated heterocycles. The van der Waals surface area contributed by atoms with Crippen LogP contribution in [0.5, 0.6) is 5.75 Å². The zero-order valence-electron chi connectivity index (χ0n) is 15.9. The summed E-state index contributed by atoms with van der Waals surface area (Å²) in [5.74, 6) is 0.712. The molecule has 0 aromatic heterocycles. The average molecular weight is 435 g/mol. The highest BCUT2D eigenvalue weighted by molar-refractivity contribution is 9.10. The molecular weight excluding hydrogens is 408 g/mol. The summed E-state index contributed by atoms with van der Waals surface area (Å²) in [6.45, 7) is 0.254. The van der Waals surface area contributed by atoms with Crippen molar-refractivity contribution in [3.05, 3.63) is 63.6 Å². The maximum absolute atomic E-state index is 11.7. The molecular formula is C22H27BrO4. The predicted octanol–water partition coefficient (Wildman–Crippen LogP) is 5.32. The summed E-state index contributed by atoms with van der Waals surface area (Å²) in [7, 11) is 3.05. The van der Waals surface area contributed by atoms with Crippen LogP contribution in [0.15, 0.2) is 46.9 Å². The van der Waals surface area contributed by atoms with Crippen molar-refractivity contribution in [3.8, 4) is 5.75 Å². The number of esters is 1. The molecule has 5 heteroatoms. The second-order valence-electron chi connectivity index (χ2n) is 6.49. The third kappa shape index (κ3) is 6.08. The van der Waals surface area contributed by atoms with Gasteiger partial charge in [-0.25, -0.2) is 4.79 Å². The van der Waals surface area contributed by atoms with Crippen LogP contribution in [0.3, 0.4) is 0 Å². The van der Waals surface area contributed by atoms with Gasteiger partial charge >= 0.3 is 5.97 Å². The van der Waals surface area contributed by atoms with Gasteiger partial charge in [0, 0.05) is 12.5 Å². The summed E-state index contributed by atoms with van der Waals surface area (Å²) < 4.78 is 11.1. The van der Waals surface area contributed by atoms with E-state index in [1.165, 1.54) is 18.2 Å². The van der Waals surface area contributed by atoms with E-state index in [1.54, 1.807) is 7.11 Å². The van der Waals surface area contributed by atoms with Crippen LogP contribution >= 0.6 is 15.9 Å². The summed E-state index contributed by atoms with van der Waals surface area (Å²) in [5.41, 5.74) is 2.93. The van der Waals surface area contributed by atoms with Crippen molar-refractivity contribution in [2.24, 2.45) is 0 Å². The lowest BCUT2D eigenvalue weighted by Crippen LogP contribution is -2.05. The van der Waals surface area contributed by atoms with Crippen LogP contribution in [0.1, 0.15) is 59.5 Å².